The molecule has 5 heteroatoms. The summed E-state index contributed by atoms with van der Waals surface area (Å²) in [5, 5.41) is 7.75. The van der Waals surface area contributed by atoms with Gasteiger partial charge in [0.25, 0.3) is 0 Å². The van der Waals surface area contributed by atoms with Crippen LogP contribution in [0.4, 0.5) is 0 Å². The molecule has 0 aromatic carbocycles. The topological polar surface area (TPSA) is 68.2 Å². The zero-order valence-corrected chi connectivity index (χ0v) is 14.1. The number of nitrogens with zero attached hydrogens (tertiary/aromatic N) is 3. The third-order valence-electron chi connectivity index (χ3n) is 3.77. The molecular weight excluding hydrogens is 262 g/mol. The molecule has 0 saturated carbocycles. The van der Waals surface area contributed by atoms with Gasteiger partial charge >= 0.3 is 0 Å². The van der Waals surface area contributed by atoms with Gasteiger partial charge in [-0.15, -0.1) is 0 Å². The standard InChI is InChI=1S/C16H31N5/c1-5-8-9-10-11-18-16(17)19-12-13-14(6-2)20-21(4)15(13)7-3/h5-12H2,1-4H3,(H3,17,18,19). The molecule has 120 valence electrons. The van der Waals surface area contributed by atoms with Gasteiger partial charge in [0.05, 0.1) is 12.2 Å². The van der Waals surface area contributed by atoms with E-state index in [-0.39, 0.29) is 0 Å². The van der Waals surface area contributed by atoms with Crippen molar-refractivity contribution in [3.8, 4) is 0 Å². The van der Waals surface area contributed by atoms with Crippen LogP contribution in [-0.2, 0) is 26.4 Å². The summed E-state index contributed by atoms with van der Waals surface area (Å²) >= 11 is 0. The van der Waals surface area contributed by atoms with Gasteiger partial charge in [0.1, 0.15) is 0 Å². The highest BCUT2D eigenvalue weighted by atomic mass is 15.3. The molecule has 0 amide bonds. The number of rotatable bonds is 9. The average molecular weight is 293 g/mol. The van der Waals surface area contributed by atoms with E-state index in [0.717, 1.165) is 31.5 Å². The fourth-order valence-electron chi connectivity index (χ4n) is 2.56. The minimum absolute atomic E-state index is 0.541. The maximum Gasteiger partial charge on any atom is 0.188 e. The van der Waals surface area contributed by atoms with Crippen molar-refractivity contribution in [2.75, 3.05) is 6.54 Å². The molecule has 0 radical (unpaired) electrons. The van der Waals surface area contributed by atoms with Crippen LogP contribution in [0.25, 0.3) is 0 Å². The van der Waals surface area contributed by atoms with E-state index in [1.54, 1.807) is 0 Å². The SMILES string of the molecule is CCCCCCNC(N)=NCc1c(CC)nn(C)c1CC. The molecule has 1 heterocycles. The average Bonchev–Trinajstić information content (AvgIpc) is 2.79. The fraction of sp³-hybridized carbons (Fsp3) is 0.750. The number of aryl methyl sites for hydroxylation is 2. The number of hydrogen-bond donors (Lipinski definition) is 2. The summed E-state index contributed by atoms with van der Waals surface area (Å²) in [6.45, 7) is 8.02. The van der Waals surface area contributed by atoms with E-state index in [9.17, 15) is 0 Å². The van der Waals surface area contributed by atoms with Crippen LogP contribution in [0.3, 0.4) is 0 Å². The molecule has 0 spiro atoms. The first-order chi connectivity index (χ1) is 10.1. The lowest BCUT2D eigenvalue weighted by molar-refractivity contribution is 0.652. The molecule has 0 aliphatic rings. The van der Waals surface area contributed by atoms with E-state index in [2.05, 4.69) is 36.2 Å². The van der Waals surface area contributed by atoms with Crippen molar-refractivity contribution < 1.29 is 0 Å². The molecule has 1 aromatic rings. The second kappa shape index (κ2) is 9.42. The molecule has 1 aromatic heterocycles. The minimum atomic E-state index is 0.541. The number of aliphatic imine (C=N–C) groups is 1. The Labute approximate surface area is 129 Å². The Hall–Kier alpha value is -1.52. The first-order valence-corrected chi connectivity index (χ1v) is 8.21. The third kappa shape index (κ3) is 5.40. The highest BCUT2D eigenvalue weighted by Crippen LogP contribution is 2.16. The highest BCUT2D eigenvalue weighted by Gasteiger charge is 2.12. The maximum atomic E-state index is 5.94. The second-order valence-corrected chi connectivity index (χ2v) is 5.39. The zero-order chi connectivity index (χ0) is 15.7. The van der Waals surface area contributed by atoms with E-state index in [1.807, 2.05) is 11.7 Å². The van der Waals surface area contributed by atoms with Crippen molar-refractivity contribution in [2.24, 2.45) is 17.8 Å². The molecule has 3 N–H and O–H groups in total. The van der Waals surface area contributed by atoms with Crippen molar-refractivity contribution in [3.05, 3.63) is 17.0 Å². The molecule has 0 atom stereocenters. The lowest BCUT2D eigenvalue weighted by Crippen LogP contribution is -2.32. The second-order valence-electron chi connectivity index (χ2n) is 5.39. The number of unbranched alkanes of at least 4 members (excludes halogenated alkanes) is 3. The highest BCUT2D eigenvalue weighted by molar-refractivity contribution is 5.77. The van der Waals surface area contributed by atoms with Crippen LogP contribution >= 0.6 is 0 Å². The number of hydrogen-bond acceptors (Lipinski definition) is 2. The summed E-state index contributed by atoms with van der Waals surface area (Å²) < 4.78 is 1.97. The lowest BCUT2D eigenvalue weighted by Gasteiger charge is -2.06. The quantitative estimate of drug-likeness (QED) is 0.417. The first-order valence-electron chi connectivity index (χ1n) is 8.21. The molecule has 0 fully saturated rings. The Morgan fingerprint density at radius 3 is 2.57 bits per heavy atom. The van der Waals surface area contributed by atoms with Gasteiger partial charge in [-0.3, -0.25) is 4.68 Å². The third-order valence-corrected chi connectivity index (χ3v) is 3.77. The Morgan fingerprint density at radius 2 is 1.95 bits per heavy atom. The van der Waals surface area contributed by atoms with Crippen LogP contribution in [0.1, 0.15) is 63.4 Å². The molecule has 0 aliphatic heterocycles. The van der Waals surface area contributed by atoms with E-state index < -0.39 is 0 Å². The van der Waals surface area contributed by atoms with Gasteiger partial charge in [-0.1, -0.05) is 40.0 Å². The van der Waals surface area contributed by atoms with Crippen LogP contribution in [-0.4, -0.2) is 22.3 Å². The van der Waals surface area contributed by atoms with Gasteiger partial charge in [0.2, 0.25) is 0 Å². The summed E-state index contributed by atoms with van der Waals surface area (Å²) in [5.41, 5.74) is 9.56. The molecular formula is C16H31N5. The summed E-state index contributed by atoms with van der Waals surface area (Å²) in [5.74, 6) is 0.541. The van der Waals surface area contributed by atoms with Crippen LogP contribution in [0.15, 0.2) is 4.99 Å². The number of aromatic nitrogens is 2. The predicted molar refractivity (Wildman–Crippen MR) is 89.4 cm³/mol. The molecule has 0 aliphatic carbocycles. The van der Waals surface area contributed by atoms with Crippen molar-refractivity contribution in [2.45, 2.75) is 65.8 Å². The fourth-order valence-corrected chi connectivity index (χ4v) is 2.56. The normalized spacial score (nSPS) is 11.9. The summed E-state index contributed by atoms with van der Waals surface area (Å²) in [6.07, 6.45) is 6.84. The van der Waals surface area contributed by atoms with Gasteiger partial charge in [-0.25, -0.2) is 4.99 Å². The molecule has 0 bridgehead atoms. The Balaban J connectivity index is 2.54. The number of guanidine groups is 1. The first kappa shape index (κ1) is 17.5. The van der Waals surface area contributed by atoms with Crippen LogP contribution in [0.5, 0.6) is 0 Å². The van der Waals surface area contributed by atoms with Crippen LogP contribution in [0.2, 0.25) is 0 Å². The van der Waals surface area contributed by atoms with Gasteiger partial charge in [0.15, 0.2) is 5.96 Å². The summed E-state index contributed by atoms with van der Waals surface area (Å²) in [7, 11) is 2.00. The monoisotopic (exact) mass is 293 g/mol. The smallest absolute Gasteiger partial charge is 0.188 e. The van der Waals surface area contributed by atoms with Gasteiger partial charge in [-0.2, -0.15) is 5.10 Å². The van der Waals surface area contributed by atoms with Gasteiger partial charge < -0.3 is 11.1 Å². The van der Waals surface area contributed by atoms with Crippen LogP contribution < -0.4 is 11.1 Å². The maximum absolute atomic E-state index is 5.94. The summed E-state index contributed by atoms with van der Waals surface area (Å²) in [4.78, 5) is 4.47. The largest absolute Gasteiger partial charge is 0.370 e. The molecule has 5 nitrogen and oxygen atoms in total. The summed E-state index contributed by atoms with van der Waals surface area (Å²) in [6, 6.07) is 0. The molecule has 21 heavy (non-hydrogen) atoms. The lowest BCUT2D eigenvalue weighted by atomic mass is 10.1. The van der Waals surface area contributed by atoms with Crippen molar-refractivity contribution in [1.29, 1.82) is 0 Å². The van der Waals surface area contributed by atoms with E-state index >= 15 is 0 Å². The van der Waals surface area contributed by atoms with Gasteiger partial charge in [0, 0.05) is 24.8 Å². The van der Waals surface area contributed by atoms with E-state index in [4.69, 9.17) is 5.73 Å². The van der Waals surface area contributed by atoms with Crippen molar-refractivity contribution >= 4 is 5.96 Å². The van der Waals surface area contributed by atoms with Crippen LogP contribution in [0, 0.1) is 0 Å². The Kier molecular flexibility index (Phi) is 7.87. The van der Waals surface area contributed by atoms with E-state index in [1.165, 1.54) is 30.5 Å². The number of nitrogens with two attached hydrogens (primary N) is 1. The van der Waals surface area contributed by atoms with Crippen molar-refractivity contribution in [3.63, 3.8) is 0 Å². The molecule has 1 rings (SSSR count). The number of nitrogens with one attached hydrogen (secondary N) is 1. The Morgan fingerprint density at radius 1 is 1.19 bits per heavy atom. The predicted octanol–water partition coefficient (Wildman–Crippen LogP) is 2.53. The minimum Gasteiger partial charge on any atom is -0.370 e. The molecule has 0 saturated heterocycles. The van der Waals surface area contributed by atoms with Gasteiger partial charge in [-0.05, 0) is 19.3 Å². The zero-order valence-electron chi connectivity index (χ0n) is 14.1. The Bertz CT molecular complexity index is 448. The molecule has 0 unspecified atom stereocenters. The van der Waals surface area contributed by atoms with Crippen molar-refractivity contribution in [1.82, 2.24) is 15.1 Å². The van der Waals surface area contributed by atoms with E-state index in [0.29, 0.717) is 12.5 Å².